The van der Waals surface area contributed by atoms with Crippen LogP contribution in [0.4, 0.5) is 0 Å². The first-order chi connectivity index (χ1) is 4.20. The Bertz CT molecular complexity index is 120. The Morgan fingerprint density at radius 1 is 1.78 bits per heavy atom. The van der Waals surface area contributed by atoms with E-state index in [1.165, 1.54) is 13.2 Å². The summed E-state index contributed by atoms with van der Waals surface area (Å²) in [6.45, 7) is 1.33. The van der Waals surface area contributed by atoms with E-state index in [1.807, 2.05) is 0 Å². The fourth-order valence-electron chi connectivity index (χ4n) is 0.427. The molecule has 49 valence electrons. The van der Waals surface area contributed by atoms with Gasteiger partial charge in [0.05, 0.1) is 5.92 Å². The molecule has 0 saturated carbocycles. The van der Waals surface area contributed by atoms with Crippen molar-refractivity contribution in [2.24, 2.45) is 5.92 Å². The van der Waals surface area contributed by atoms with Gasteiger partial charge in [-0.05, 0) is 6.92 Å². The molecule has 0 spiro atoms. The van der Waals surface area contributed by atoms with Gasteiger partial charge in [0.15, 0.2) is 0 Å². The van der Waals surface area contributed by atoms with Crippen LogP contribution in [0.3, 0.4) is 0 Å². The first-order valence-electron chi connectivity index (χ1n) is 2.53. The maximum Gasteiger partial charge on any atom is 0.209 e. The Labute approximate surface area is 53.0 Å². The van der Waals surface area contributed by atoms with Gasteiger partial charge in [0.25, 0.3) is 0 Å². The second kappa shape index (κ2) is 3.95. The Balaban J connectivity index is 3.68. The van der Waals surface area contributed by atoms with E-state index in [0.29, 0.717) is 6.29 Å². The highest BCUT2D eigenvalue weighted by Gasteiger charge is 2.08. The number of hydrogen-bond acceptors (Lipinski definition) is 3. The minimum Gasteiger partial charge on any atom is -0.303 e. The van der Waals surface area contributed by atoms with Crippen molar-refractivity contribution in [3.8, 4) is 0 Å². The van der Waals surface area contributed by atoms with Crippen LogP contribution in [-0.2, 0) is 14.4 Å². The van der Waals surface area contributed by atoms with Gasteiger partial charge in [-0.1, -0.05) is 0 Å². The van der Waals surface area contributed by atoms with Crippen molar-refractivity contribution in [3.63, 3.8) is 0 Å². The lowest BCUT2D eigenvalue weighted by Gasteiger charge is -1.92. The van der Waals surface area contributed by atoms with Gasteiger partial charge in [0.2, 0.25) is 6.29 Å². The predicted octanol–water partition coefficient (Wildman–Crippen LogP) is -0.110. The van der Waals surface area contributed by atoms with Gasteiger partial charge in [0.1, 0.15) is 12.1 Å². The van der Waals surface area contributed by atoms with Crippen LogP contribution in [0.15, 0.2) is 0 Å². The third kappa shape index (κ3) is 3.58. The molecule has 0 aromatic carbocycles. The first-order valence-corrected chi connectivity index (χ1v) is 2.53. The zero-order chi connectivity index (χ0) is 7.28. The molecule has 1 radical (unpaired) electrons. The van der Waals surface area contributed by atoms with Crippen LogP contribution in [-0.4, -0.2) is 18.4 Å². The topological polar surface area (TPSA) is 51.2 Å². The molecule has 0 aromatic rings. The van der Waals surface area contributed by atoms with Gasteiger partial charge in [-0.25, -0.2) is 0 Å². The van der Waals surface area contributed by atoms with E-state index in [1.54, 1.807) is 0 Å². The molecule has 0 amide bonds. The molecule has 3 heteroatoms. The monoisotopic (exact) mass is 127 g/mol. The largest absolute Gasteiger partial charge is 0.303 e. The van der Waals surface area contributed by atoms with Crippen molar-refractivity contribution in [1.29, 1.82) is 0 Å². The van der Waals surface area contributed by atoms with Crippen LogP contribution in [0.25, 0.3) is 0 Å². The van der Waals surface area contributed by atoms with Crippen molar-refractivity contribution in [2.45, 2.75) is 13.3 Å². The fraction of sp³-hybridized carbons (Fsp3) is 0.500. The van der Waals surface area contributed by atoms with E-state index >= 15 is 0 Å². The molecule has 0 N–H and O–H groups in total. The molecule has 1 atom stereocenters. The lowest BCUT2D eigenvalue weighted by Crippen LogP contribution is -2.07. The molecular weight excluding hydrogens is 120 g/mol. The van der Waals surface area contributed by atoms with Crippen molar-refractivity contribution in [2.75, 3.05) is 0 Å². The second-order valence-electron chi connectivity index (χ2n) is 1.77. The highest BCUT2D eigenvalue weighted by molar-refractivity contribution is 5.87. The molecule has 0 aliphatic rings. The summed E-state index contributed by atoms with van der Waals surface area (Å²) in [5.74, 6) is -1.03. The minimum atomic E-state index is -0.859. The third-order valence-corrected chi connectivity index (χ3v) is 0.823. The number of aldehydes is 1. The summed E-state index contributed by atoms with van der Waals surface area (Å²) in [6, 6.07) is 0. The number of Topliss-reactive ketones (excluding diaryl/α,β-unsaturated/α-hetero) is 1. The predicted molar refractivity (Wildman–Crippen MR) is 30.5 cm³/mol. The summed E-state index contributed by atoms with van der Waals surface area (Å²) < 4.78 is 0. The zero-order valence-electron chi connectivity index (χ0n) is 5.09. The molecule has 0 bridgehead atoms. The molecule has 9 heavy (non-hydrogen) atoms. The van der Waals surface area contributed by atoms with Crippen LogP contribution in [0.2, 0.25) is 0 Å². The molecule has 0 heterocycles. The van der Waals surface area contributed by atoms with E-state index in [9.17, 15) is 14.4 Å². The van der Waals surface area contributed by atoms with E-state index < -0.39 is 5.92 Å². The summed E-state index contributed by atoms with van der Waals surface area (Å²) >= 11 is 0. The van der Waals surface area contributed by atoms with Crippen LogP contribution in [0.5, 0.6) is 0 Å². The van der Waals surface area contributed by atoms with Crippen LogP contribution in [0.1, 0.15) is 13.3 Å². The number of rotatable bonds is 4. The Morgan fingerprint density at radius 2 is 2.33 bits per heavy atom. The van der Waals surface area contributed by atoms with Crippen molar-refractivity contribution in [1.82, 2.24) is 0 Å². The third-order valence-electron chi connectivity index (χ3n) is 0.823. The van der Waals surface area contributed by atoms with Crippen molar-refractivity contribution < 1.29 is 14.4 Å². The lowest BCUT2D eigenvalue weighted by atomic mass is 10.1. The first kappa shape index (κ1) is 8.01. The standard InChI is InChI=1S/C6H7O3/c1-5(9)2-6(3-7)4-8/h3,6H,2H2,1H3. The summed E-state index contributed by atoms with van der Waals surface area (Å²) in [4.78, 5) is 29.9. The molecule has 0 saturated heterocycles. The summed E-state index contributed by atoms with van der Waals surface area (Å²) in [6.07, 6.45) is 1.85. The Hall–Kier alpha value is -0.990. The molecule has 0 aliphatic carbocycles. The van der Waals surface area contributed by atoms with Gasteiger partial charge >= 0.3 is 0 Å². The highest BCUT2D eigenvalue weighted by atomic mass is 16.1. The smallest absolute Gasteiger partial charge is 0.209 e. The summed E-state index contributed by atoms with van der Waals surface area (Å²) in [5.41, 5.74) is 0. The molecule has 0 rings (SSSR count). The molecule has 0 aliphatic heterocycles. The van der Waals surface area contributed by atoms with Gasteiger partial charge in [0, 0.05) is 6.42 Å². The molecular formula is C6H7O3. The molecule has 3 nitrogen and oxygen atoms in total. The maximum absolute atomic E-state index is 10.2. The van der Waals surface area contributed by atoms with Crippen molar-refractivity contribution in [3.05, 3.63) is 0 Å². The number of ketones is 1. The van der Waals surface area contributed by atoms with Crippen molar-refractivity contribution >= 4 is 18.4 Å². The maximum atomic E-state index is 10.2. The Kier molecular flexibility index (Phi) is 3.51. The average molecular weight is 127 g/mol. The number of carbonyl (C=O) groups excluding carboxylic acids is 3. The number of carbonyl (C=O) groups is 2. The summed E-state index contributed by atoms with van der Waals surface area (Å²) in [5, 5.41) is 0. The van der Waals surface area contributed by atoms with Crippen LogP contribution >= 0.6 is 0 Å². The average Bonchev–Trinajstić information content (AvgIpc) is 1.82. The zero-order valence-corrected chi connectivity index (χ0v) is 5.09. The summed E-state index contributed by atoms with van der Waals surface area (Å²) in [7, 11) is 0. The lowest BCUT2D eigenvalue weighted by molar-refractivity contribution is -0.120. The van der Waals surface area contributed by atoms with Gasteiger partial charge in [-0.2, -0.15) is 0 Å². The van der Waals surface area contributed by atoms with Crippen LogP contribution in [0, 0.1) is 5.92 Å². The van der Waals surface area contributed by atoms with E-state index in [2.05, 4.69) is 0 Å². The quantitative estimate of drug-likeness (QED) is 0.391. The second-order valence-corrected chi connectivity index (χ2v) is 1.77. The minimum absolute atomic E-state index is 0.0208. The SMILES string of the molecule is CC(=O)CC([C]=O)C=O. The van der Waals surface area contributed by atoms with E-state index in [4.69, 9.17) is 0 Å². The fourth-order valence-corrected chi connectivity index (χ4v) is 0.427. The normalized spacial score (nSPS) is 9.11. The van der Waals surface area contributed by atoms with Gasteiger partial charge in [-0.15, -0.1) is 0 Å². The molecule has 0 aromatic heterocycles. The molecule has 1 unspecified atom stereocenters. The molecule has 0 fully saturated rings. The van der Waals surface area contributed by atoms with E-state index in [0.717, 1.165) is 0 Å². The van der Waals surface area contributed by atoms with Gasteiger partial charge < -0.3 is 4.79 Å². The van der Waals surface area contributed by atoms with Crippen LogP contribution < -0.4 is 0 Å². The van der Waals surface area contributed by atoms with E-state index in [-0.39, 0.29) is 12.2 Å². The Morgan fingerprint density at radius 3 is 2.44 bits per heavy atom. The highest BCUT2D eigenvalue weighted by Crippen LogP contribution is 1.94. The van der Waals surface area contributed by atoms with Gasteiger partial charge in [-0.3, -0.25) is 9.59 Å². The number of hydrogen-bond donors (Lipinski definition) is 0.